The molecule has 0 aromatic carbocycles. The highest BCUT2D eigenvalue weighted by Gasteiger charge is 2.13. The van der Waals surface area contributed by atoms with Gasteiger partial charge in [-0.1, -0.05) is 0 Å². The van der Waals surface area contributed by atoms with Crippen LogP contribution in [0.1, 0.15) is 24.2 Å². The lowest BCUT2D eigenvalue weighted by molar-refractivity contribution is 0.579. The molecule has 0 saturated carbocycles. The Kier molecular flexibility index (Phi) is 3.63. The number of hydrogen-bond donors (Lipinski definition) is 1. The largest absolute Gasteiger partial charge is 0.311 e. The molecule has 0 aliphatic carbocycles. The van der Waals surface area contributed by atoms with Gasteiger partial charge in [-0.15, -0.1) is 0 Å². The first-order valence-corrected chi connectivity index (χ1v) is 6.02. The Morgan fingerprint density at radius 2 is 2.38 bits per heavy atom. The molecule has 0 aliphatic heterocycles. The second kappa shape index (κ2) is 5.18. The van der Waals surface area contributed by atoms with Crippen LogP contribution in [0.15, 0.2) is 18.6 Å². The van der Waals surface area contributed by atoms with E-state index in [1.165, 1.54) is 17.3 Å². The summed E-state index contributed by atoms with van der Waals surface area (Å²) in [6.45, 7) is 2.99. The summed E-state index contributed by atoms with van der Waals surface area (Å²) in [7, 11) is 1.94. The molecule has 1 atom stereocenters. The molecule has 2 aromatic rings. The lowest BCUT2D eigenvalue weighted by Gasteiger charge is -2.11. The minimum Gasteiger partial charge on any atom is -0.311 e. The summed E-state index contributed by atoms with van der Waals surface area (Å²) in [5.74, 6) is 0. The summed E-state index contributed by atoms with van der Waals surface area (Å²) in [4.78, 5) is 0. The molecule has 0 fully saturated rings. The van der Waals surface area contributed by atoms with Crippen LogP contribution in [0.2, 0.25) is 0 Å². The average Bonchev–Trinajstić information content (AvgIpc) is 2.96. The minimum atomic E-state index is 0.216. The summed E-state index contributed by atoms with van der Waals surface area (Å²) in [6.07, 6.45) is 6.69. The van der Waals surface area contributed by atoms with Crippen molar-refractivity contribution in [3.63, 3.8) is 0 Å². The molecule has 0 spiro atoms. The maximum Gasteiger partial charge on any atom is 0.0915 e. The number of aryl methyl sites for hydroxylation is 1. The number of rotatable bonds is 5. The fraction of sp³-hybridized carbons (Fsp3) is 0.500. The van der Waals surface area contributed by atoms with Crippen LogP contribution in [-0.4, -0.2) is 25.6 Å². The van der Waals surface area contributed by atoms with E-state index in [4.69, 9.17) is 0 Å². The van der Waals surface area contributed by atoms with Gasteiger partial charge < -0.3 is 5.32 Å². The van der Waals surface area contributed by atoms with Crippen molar-refractivity contribution in [3.8, 4) is 0 Å². The van der Waals surface area contributed by atoms with Crippen LogP contribution < -0.4 is 5.32 Å². The Bertz CT molecular complexity index is 422. The van der Waals surface area contributed by atoms with Gasteiger partial charge in [-0.25, -0.2) is 0 Å². The molecule has 2 aromatic heterocycles. The Hall–Kier alpha value is -1.27. The molecule has 1 N–H and O–H groups in total. The van der Waals surface area contributed by atoms with E-state index in [0.717, 1.165) is 18.7 Å². The first-order chi connectivity index (χ1) is 7.83. The van der Waals surface area contributed by atoms with E-state index >= 15 is 0 Å². The lowest BCUT2D eigenvalue weighted by atomic mass is 10.1. The molecule has 6 heteroatoms. The van der Waals surface area contributed by atoms with E-state index < -0.39 is 0 Å². The van der Waals surface area contributed by atoms with Crippen molar-refractivity contribution in [2.75, 3.05) is 7.05 Å². The van der Waals surface area contributed by atoms with E-state index in [2.05, 4.69) is 32.3 Å². The molecule has 0 amide bonds. The fourth-order valence-corrected chi connectivity index (χ4v) is 2.07. The van der Waals surface area contributed by atoms with Gasteiger partial charge in [0.2, 0.25) is 0 Å². The zero-order valence-electron chi connectivity index (χ0n) is 9.42. The van der Waals surface area contributed by atoms with Gasteiger partial charge in [0.1, 0.15) is 0 Å². The maximum atomic E-state index is 4.26. The van der Waals surface area contributed by atoms with Gasteiger partial charge in [-0.05, 0) is 26.0 Å². The molecule has 0 bridgehead atoms. The Balaban J connectivity index is 2.07. The van der Waals surface area contributed by atoms with Crippen molar-refractivity contribution in [2.24, 2.45) is 0 Å². The smallest absolute Gasteiger partial charge is 0.0915 e. The van der Waals surface area contributed by atoms with E-state index in [-0.39, 0.29) is 6.04 Å². The van der Waals surface area contributed by atoms with Crippen molar-refractivity contribution in [3.05, 3.63) is 29.8 Å². The Morgan fingerprint density at radius 3 is 2.94 bits per heavy atom. The highest BCUT2D eigenvalue weighted by atomic mass is 32.1. The summed E-state index contributed by atoms with van der Waals surface area (Å²) >= 11 is 1.24. The summed E-state index contributed by atoms with van der Waals surface area (Å²) in [5, 5.41) is 7.51. The molecule has 0 saturated heterocycles. The normalized spacial score (nSPS) is 12.9. The second-order valence-corrected chi connectivity index (χ2v) is 4.14. The van der Waals surface area contributed by atoms with Crippen LogP contribution in [-0.2, 0) is 13.0 Å². The third-order valence-corrected chi connectivity index (χ3v) is 3.03. The van der Waals surface area contributed by atoms with Gasteiger partial charge in [-0.2, -0.15) is 13.8 Å². The third-order valence-electron chi connectivity index (χ3n) is 2.53. The zero-order valence-corrected chi connectivity index (χ0v) is 10.2. The maximum absolute atomic E-state index is 4.26. The number of hydrogen-bond acceptors (Lipinski definition) is 5. The third kappa shape index (κ3) is 2.45. The molecule has 16 heavy (non-hydrogen) atoms. The second-order valence-electron chi connectivity index (χ2n) is 3.58. The molecule has 0 aliphatic rings. The summed E-state index contributed by atoms with van der Waals surface area (Å²) < 4.78 is 10.2. The molecule has 2 heterocycles. The van der Waals surface area contributed by atoms with Crippen molar-refractivity contribution < 1.29 is 0 Å². The monoisotopic (exact) mass is 237 g/mol. The molecule has 1 unspecified atom stereocenters. The Morgan fingerprint density at radius 1 is 1.50 bits per heavy atom. The molecular formula is C10H15N5S. The average molecular weight is 237 g/mol. The van der Waals surface area contributed by atoms with E-state index in [1.807, 2.05) is 24.1 Å². The SMILES string of the molecule is CCn1cc(CC(NC)c2cnsn2)cn1. The zero-order chi connectivity index (χ0) is 11.4. The summed E-state index contributed by atoms with van der Waals surface area (Å²) in [6, 6.07) is 0.216. The Labute approximate surface area is 98.8 Å². The molecule has 5 nitrogen and oxygen atoms in total. The van der Waals surface area contributed by atoms with Crippen molar-refractivity contribution in [2.45, 2.75) is 25.9 Å². The first-order valence-electron chi connectivity index (χ1n) is 5.29. The van der Waals surface area contributed by atoms with Gasteiger partial charge in [0.25, 0.3) is 0 Å². The highest BCUT2D eigenvalue weighted by Crippen LogP contribution is 2.15. The quantitative estimate of drug-likeness (QED) is 0.850. The number of aromatic nitrogens is 4. The topological polar surface area (TPSA) is 55.6 Å². The first kappa shape index (κ1) is 11.2. The van der Waals surface area contributed by atoms with E-state index in [0.29, 0.717) is 0 Å². The van der Waals surface area contributed by atoms with Crippen molar-refractivity contribution in [1.29, 1.82) is 0 Å². The standard InChI is InChI=1S/C10H15N5S/c1-3-15-7-8(5-12-15)4-9(11-2)10-6-13-16-14-10/h5-7,9,11H,3-4H2,1-2H3. The van der Waals surface area contributed by atoms with Crippen LogP contribution in [0, 0.1) is 0 Å². The van der Waals surface area contributed by atoms with Gasteiger partial charge in [0.15, 0.2) is 0 Å². The van der Waals surface area contributed by atoms with Gasteiger partial charge >= 0.3 is 0 Å². The predicted octanol–water partition coefficient (Wildman–Crippen LogP) is 1.26. The van der Waals surface area contributed by atoms with Crippen LogP contribution in [0.3, 0.4) is 0 Å². The fourth-order valence-electron chi connectivity index (χ4n) is 1.60. The summed E-state index contributed by atoms with van der Waals surface area (Å²) in [5.41, 5.74) is 2.21. The number of likely N-dealkylation sites (N-methyl/N-ethyl adjacent to an activating group) is 1. The molecule has 2 rings (SSSR count). The molecule has 86 valence electrons. The molecular weight excluding hydrogens is 222 g/mol. The van der Waals surface area contributed by atoms with Gasteiger partial charge in [-0.3, -0.25) is 4.68 Å². The van der Waals surface area contributed by atoms with E-state index in [1.54, 1.807) is 0 Å². The van der Waals surface area contributed by atoms with Gasteiger partial charge in [0, 0.05) is 12.7 Å². The van der Waals surface area contributed by atoms with Crippen molar-refractivity contribution >= 4 is 11.7 Å². The van der Waals surface area contributed by atoms with Crippen LogP contribution in [0.4, 0.5) is 0 Å². The van der Waals surface area contributed by atoms with Crippen LogP contribution >= 0.6 is 11.7 Å². The predicted molar refractivity (Wildman–Crippen MR) is 63.3 cm³/mol. The van der Waals surface area contributed by atoms with Gasteiger partial charge in [0.05, 0.1) is 35.9 Å². The van der Waals surface area contributed by atoms with E-state index in [9.17, 15) is 0 Å². The number of nitrogens with one attached hydrogen (secondary N) is 1. The van der Waals surface area contributed by atoms with Crippen molar-refractivity contribution in [1.82, 2.24) is 23.8 Å². The minimum absolute atomic E-state index is 0.216. The van der Waals surface area contributed by atoms with Crippen LogP contribution in [0.5, 0.6) is 0 Å². The molecule has 0 radical (unpaired) electrons. The highest BCUT2D eigenvalue weighted by molar-refractivity contribution is 6.99. The number of nitrogens with zero attached hydrogens (tertiary/aromatic N) is 4. The lowest BCUT2D eigenvalue weighted by Crippen LogP contribution is -2.18. The van der Waals surface area contributed by atoms with Crippen LogP contribution in [0.25, 0.3) is 0 Å².